The molecule has 1 saturated heterocycles. The lowest BCUT2D eigenvalue weighted by Gasteiger charge is -2.22. The normalized spacial score (nSPS) is 15.0. The highest BCUT2D eigenvalue weighted by Gasteiger charge is 2.16. The van der Waals surface area contributed by atoms with Crippen molar-refractivity contribution in [2.75, 3.05) is 18.4 Å². The highest BCUT2D eigenvalue weighted by molar-refractivity contribution is 5.92. The molecule has 5 nitrogen and oxygen atoms in total. The average Bonchev–Trinajstić information content (AvgIpc) is 3.04. The number of carbonyl (C=O) groups excluding carboxylic acids is 1. The van der Waals surface area contributed by atoms with Crippen molar-refractivity contribution in [3.05, 3.63) is 47.8 Å². The van der Waals surface area contributed by atoms with Gasteiger partial charge in [-0.05, 0) is 81.1 Å². The van der Waals surface area contributed by atoms with Crippen LogP contribution < -0.4 is 10.6 Å². The predicted molar refractivity (Wildman–Crippen MR) is 114 cm³/mol. The van der Waals surface area contributed by atoms with Crippen molar-refractivity contribution < 1.29 is 9.18 Å². The lowest BCUT2D eigenvalue weighted by atomic mass is 9.93. The summed E-state index contributed by atoms with van der Waals surface area (Å²) in [6.07, 6.45) is 3.81. The average molecular weight is 394 g/mol. The van der Waals surface area contributed by atoms with E-state index in [0.717, 1.165) is 60.5 Å². The van der Waals surface area contributed by atoms with E-state index in [4.69, 9.17) is 0 Å². The van der Waals surface area contributed by atoms with Crippen molar-refractivity contribution in [2.24, 2.45) is 13.0 Å². The van der Waals surface area contributed by atoms with Gasteiger partial charge in [-0.1, -0.05) is 0 Å². The summed E-state index contributed by atoms with van der Waals surface area (Å²) in [6.45, 7) is 4.09. The van der Waals surface area contributed by atoms with Gasteiger partial charge >= 0.3 is 0 Å². The Morgan fingerprint density at radius 2 is 2.03 bits per heavy atom. The van der Waals surface area contributed by atoms with E-state index >= 15 is 0 Å². The fraction of sp³-hybridized carbons (Fsp3) is 0.391. The van der Waals surface area contributed by atoms with Gasteiger partial charge in [0, 0.05) is 30.8 Å². The Bertz CT molecular complexity index is 1040. The number of imidazole rings is 1. The standard InChI is InChI=1S/C23H27FN4O/c1-15-13-17(23-27-20-14-18(24)5-7-21(20)28(23)2)4-6-19(15)26-22(29)8-3-16-9-11-25-12-10-16/h4-7,13-14,16,25H,3,8-12H2,1-2H3,(H,26,29). The molecule has 0 bridgehead atoms. The van der Waals surface area contributed by atoms with Gasteiger partial charge in [-0.15, -0.1) is 0 Å². The van der Waals surface area contributed by atoms with Crippen LogP contribution in [0, 0.1) is 18.7 Å². The number of nitrogens with zero attached hydrogens (tertiary/aromatic N) is 2. The number of benzene rings is 2. The molecular weight excluding hydrogens is 367 g/mol. The second-order valence-electron chi connectivity index (χ2n) is 7.94. The molecule has 1 aliphatic heterocycles. The van der Waals surface area contributed by atoms with Crippen molar-refractivity contribution in [3.8, 4) is 11.4 Å². The molecule has 6 heteroatoms. The van der Waals surface area contributed by atoms with E-state index in [9.17, 15) is 9.18 Å². The van der Waals surface area contributed by atoms with E-state index in [-0.39, 0.29) is 11.7 Å². The Labute approximate surface area is 170 Å². The molecule has 0 spiro atoms. The molecule has 152 valence electrons. The number of rotatable bonds is 5. The smallest absolute Gasteiger partial charge is 0.224 e. The van der Waals surface area contributed by atoms with Gasteiger partial charge in [-0.3, -0.25) is 4.79 Å². The maximum atomic E-state index is 13.5. The molecule has 4 rings (SSSR count). The quantitative estimate of drug-likeness (QED) is 0.674. The largest absolute Gasteiger partial charge is 0.327 e. The third-order valence-electron chi connectivity index (χ3n) is 5.84. The van der Waals surface area contributed by atoms with Gasteiger partial charge in [-0.2, -0.15) is 0 Å². The number of aryl methyl sites for hydroxylation is 2. The Kier molecular flexibility index (Phi) is 5.62. The number of fused-ring (bicyclic) bond motifs is 1. The third-order valence-corrected chi connectivity index (χ3v) is 5.84. The van der Waals surface area contributed by atoms with E-state index in [0.29, 0.717) is 17.9 Å². The van der Waals surface area contributed by atoms with Gasteiger partial charge in [0.1, 0.15) is 11.6 Å². The number of anilines is 1. The van der Waals surface area contributed by atoms with E-state index in [1.807, 2.05) is 36.7 Å². The van der Waals surface area contributed by atoms with Crippen molar-refractivity contribution in [1.29, 1.82) is 0 Å². The second kappa shape index (κ2) is 8.33. The molecule has 1 amide bonds. The number of piperidine rings is 1. The lowest BCUT2D eigenvalue weighted by Crippen LogP contribution is -2.28. The predicted octanol–water partition coefficient (Wildman–Crippen LogP) is 4.41. The Morgan fingerprint density at radius 1 is 1.24 bits per heavy atom. The van der Waals surface area contributed by atoms with Gasteiger partial charge in [-0.25, -0.2) is 9.37 Å². The summed E-state index contributed by atoms with van der Waals surface area (Å²) >= 11 is 0. The van der Waals surface area contributed by atoms with Crippen LogP contribution in [-0.4, -0.2) is 28.5 Å². The molecule has 2 heterocycles. The van der Waals surface area contributed by atoms with E-state index in [1.54, 1.807) is 6.07 Å². The molecule has 0 atom stereocenters. The summed E-state index contributed by atoms with van der Waals surface area (Å²) in [5.74, 6) is 1.20. The molecule has 0 saturated carbocycles. The molecule has 1 aromatic heterocycles. The zero-order valence-corrected chi connectivity index (χ0v) is 17.0. The van der Waals surface area contributed by atoms with Crippen LogP contribution in [0.2, 0.25) is 0 Å². The zero-order chi connectivity index (χ0) is 20.4. The number of hydrogen-bond donors (Lipinski definition) is 2. The first kappa shape index (κ1) is 19.6. The second-order valence-corrected chi connectivity index (χ2v) is 7.94. The molecule has 29 heavy (non-hydrogen) atoms. The highest BCUT2D eigenvalue weighted by Crippen LogP contribution is 2.28. The number of halogens is 1. The van der Waals surface area contributed by atoms with Crippen LogP contribution in [-0.2, 0) is 11.8 Å². The van der Waals surface area contributed by atoms with E-state index < -0.39 is 0 Å². The van der Waals surface area contributed by atoms with Gasteiger partial charge < -0.3 is 15.2 Å². The molecule has 0 aliphatic carbocycles. The Hall–Kier alpha value is -2.73. The number of carbonyl (C=O) groups is 1. The van der Waals surface area contributed by atoms with Gasteiger partial charge in [0.15, 0.2) is 0 Å². The van der Waals surface area contributed by atoms with Crippen molar-refractivity contribution in [3.63, 3.8) is 0 Å². The minimum absolute atomic E-state index is 0.0672. The fourth-order valence-electron chi connectivity index (χ4n) is 4.09. The molecule has 1 aliphatic rings. The summed E-state index contributed by atoms with van der Waals surface area (Å²) in [6, 6.07) is 10.5. The minimum atomic E-state index is -0.291. The number of aromatic nitrogens is 2. The highest BCUT2D eigenvalue weighted by atomic mass is 19.1. The molecule has 1 fully saturated rings. The SMILES string of the molecule is Cc1cc(-c2nc3cc(F)ccc3n2C)ccc1NC(=O)CCC1CCNCC1. The first-order chi connectivity index (χ1) is 14.0. The van der Waals surface area contributed by atoms with Gasteiger partial charge in [0.25, 0.3) is 0 Å². The molecule has 2 N–H and O–H groups in total. The maximum Gasteiger partial charge on any atom is 0.224 e. The number of amides is 1. The third kappa shape index (κ3) is 4.32. The van der Waals surface area contributed by atoms with Crippen LogP contribution in [0.3, 0.4) is 0 Å². The summed E-state index contributed by atoms with van der Waals surface area (Å²) < 4.78 is 15.5. The van der Waals surface area contributed by atoms with Crippen LogP contribution >= 0.6 is 0 Å². The Balaban J connectivity index is 1.46. The van der Waals surface area contributed by atoms with Crippen LogP contribution in [0.1, 0.15) is 31.2 Å². The van der Waals surface area contributed by atoms with Crippen LogP contribution in [0.25, 0.3) is 22.4 Å². The molecule has 0 unspecified atom stereocenters. The summed E-state index contributed by atoms with van der Waals surface area (Å²) in [7, 11) is 1.92. The topological polar surface area (TPSA) is 59.0 Å². The van der Waals surface area contributed by atoms with Crippen LogP contribution in [0.15, 0.2) is 36.4 Å². The zero-order valence-electron chi connectivity index (χ0n) is 17.0. The van der Waals surface area contributed by atoms with Crippen LogP contribution in [0.4, 0.5) is 10.1 Å². The lowest BCUT2D eigenvalue weighted by molar-refractivity contribution is -0.116. The number of nitrogens with one attached hydrogen (secondary N) is 2. The molecule has 3 aromatic rings. The summed E-state index contributed by atoms with van der Waals surface area (Å²) in [5, 5.41) is 6.40. The Morgan fingerprint density at radius 3 is 2.79 bits per heavy atom. The fourth-order valence-corrected chi connectivity index (χ4v) is 4.09. The maximum absolute atomic E-state index is 13.5. The number of hydrogen-bond acceptors (Lipinski definition) is 3. The minimum Gasteiger partial charge on any atom is -0.327 e. The van der Waals surface area contributed by atoms with Crippen molar-refractivity contribution >= 4 is 22.6 Å². The van der Waals surface area contributed by atoms with Gasteiger partial charge in [0.05, 0.1) is 11.0 Å². The molecular formula is C23H27FN4O. The van der Waals surface area contributed by atoms with Crippen LogP contribution in [0.5, 0.6) is 0 Å². The first-order valence-electron chi connectivity index (χ1n) is 10.2. The monoisotopic (exact) mass is 394 g/mol. The first-order valence-corrected chi connectivity index (χ1v) is 10.2. The summed E-state index contributed by atoms with van der Waals surface area (Å²) in [4.78, 5) is 17.0. The molecule has 2 aromatic carbocycles. The van der Waals surface area contributed by atoms with E-state index in [1.165, 1.54) is 12.1 Å². The van der Waals surface area contributed by atoms with Crippen molar-refractivity contribution in [2.45, 2.75) is 32.6 Å². The van der Waals surface area contributed by atoms with E-state index in [2.05, 4.69) is 15.6 Å². The molecule has 0 radical (unpaired) electrons. The van der Waals surface area contributed by atoms with Gasteiger partial charge in [0.2, 0.25) is 5.91 Å². The summed E-state index contributed by atoms with van der Waals surface area (Å²) in [5.41, 5.74) is 4.27. The van der Waals surface area contributed by atoms with Crippen molar-refractivity contribution in [1.82, 2.24) is 14.9 Å².